The molecular formula is C10H20BrNO. The molecule has 0 aliphatic carbocycles. The highest BCUT2D eigenvalue weighted by molar-refractivity contribution is 9.09. The van der Waals surface area contributed by atoms with Crippen LogP contribution in [0.5, 0.6) is 0 Å². The zero-order chi connectivity index (χ0) is 10.3. The van der Waals surface area contributed by atoms with E-state index < -0.39 is 0 Å². The van der Waals surface area contributed by atoms with Crippen LogP contribution in [0.1, 0.15) is 40.0 Å². The number of carbonyl (C=O) groups is 1. The van der Waals surface area contributed by atoms with Crippen molar-refractivity contribution in [2.24, 2.45) is 5.92 Å². The van der Waals surface area contributed by atoms with E-state index in [1.165, 1.54) is 0 Å². The summed E-state index contributed by atoms with van der Waals surface area (Å²) in [4.78, 5) is 11.3. The van der Waals surface area contributed by atoms with Gasteiger partial charge in [0.25, 0.3) is 0 Å². The number of nitrogens with one attached hydrogen (secondary N) is 1. The SMILES string of the molecule is CC(C)C(C)NC(=O)CCCCBr. The highest BCUT2D eigenvalue weighted by atomic mass is 79.9. The van der Waals surface area contributed by atoms with Crippen molar-refractivity contribution in [2.75, 3.05) is 5.33 Å². The summed E-state index contributed by atoms with van der Waals surface area (Å²) in [7, 11) is 0. The van der Waals surface area contributed by atoms with Gasteiger partial charge in [0.05, 0.1) is 0 Å². The zero-order valence-corrected chi connectivity index (χ0v) is 10.4. The minimum absolute atomic E-state index is 0.183. The van der Waals surface area contributed by atoms with Crippen molar-refractivity contribution in [3.63, 3.8) is 0 Å². The third-order valence-electron chi connectivity index (χ3n) is 2.18. The van der Waals surface area contributed by atoms with Gasteiger partial charge in [-0.05, 0) is 25.7 Å². The fraction of sp³-hybridized carbons (Fsp3) is 0.900. The first-order chi connectivity index (χ1) is 6.07. The lowest BCUT2D eigenvalue weighted by atomic mass is 10.1. The largest absolute Gasteiger partial charge is 0.353 e. The monoisotopic (exact) mass is 249 g/mol. The molecule has 0 rings (SSSR count). The summed E-state index contributed by atoms with van der Waals surface area (Å²) in [5.41, 5.74) is 0. The van der Waals surface area contributed by atoms with Crippen molar-refractivity contribution in [3.8, 4) is 0 Å². The molecule has 0 aromatic heterocycles. The Kier molecular flexibility index (Phi) is 7.33. The molecule has 0 spiro atoms. The molecule has 0 aliphatic heterocycles. The molecule has 3 heteroatoms. The van der Waals surface area contributed by atoms with Crippen LogP contribution >= 0.6 is 15.9 Å². The van der Waals surface area contributed by atoms with E-state index in [9.17, 15) is 4.79 Å². The van der Waals surface area contributed by atoms with Crippen LogP contribution in [0.25, 0.3) is 0 Å². The lowest BCUT2D eigenvalue weighted by Gasteiger charge is -2.17. The van der Waals surface area contributed by atoms with Crippen molar-refractivity contribution < 1.29 is 4.79 Å². The van der Waals surface area contributed by atoms with Crippen molar-refractivity contribution in [2.45, 2.75) is 46.1 Å². The van der Waals surface area contributed by atoms with E-state index in [2.05, 4.69) is 35.1 Å². The second kappa shape index (κ2) is 7.36. The number of rotatable bonds is 6. The lowest BCUT2D eigenvalue weighted by molar-refractivity contribution is -0.122. The van der Waals surface area contributed by atoms with Crippen LogP contribution in [-0.4, -0.2) is 17.3 Å². The van der Waals surface area contributed by atoms with Crippen LogP contribution in [-0.2, 0) is 4.79 Å². The van der Waals surface area contributed by atoms with Gasteiger partial charge in [-0.2, -0.15) is 0 Å². The molecule has 13 heavy (non-hydrogen) atoms. The van der Waals surface area contributed by atoms with E-state index in [1.807, 2.05) is 6.92 Å². The quantitative estimate of drug-likeness (QED) is 0.570. The van der Waals surface area contributed by atoms with Gasteiger partial charge in [-0.15, -0.1) is 0 Å². The molecule has 0 aromatic rings. The minimum Gasteiger partial charge on any atom is -0.353 e. The van der Waals surface area contributed by atoms with E-state index in [-0.39, 0.29) is 11.9 Å². The van der Waals surface area contributed by atoms with E-state index in [0.29, 0.717) is 12.3 Å². The molecule has 1 amide bonds. The van der Waals surface area contributed by atoms with Gasteiger partial charge in [0.1, 0.15) is 0 Å². The first-order valence-electron chi connectivity index (χ1n) is 4.93. The highest BCUT2D eigenvalue weighted by Crippen LogP contribution is 2.02. The summed E-state index contributed by atoms with van der Waals surface area (Å²) in [5, 5.41) is 3.97. The summed E-state index contributed by atoms with van der Waals surface area (Å²) < 4.78 is 0. The molecule has 1 unspecified atom stereocenters. The van der Waals surface area contributed by atoms with Gasteiger partial charge in [0.2, 0.25) is 5.91 Å². The molecule has 2 nitrogen and oxygen atoms in total. The molecule has 0 heterocycles. The molecule has 0 saturated heterocycles. The van der Waals surface area contributed by atoms with Crippen LogP contribution in [0.2, 0.25) is 0 Å². The first kappa shape index (κ1) is 12.9. The summed E-state index contributed by atoms with van der Waals surface area (Å²) in [6, 6.07) is 0.288. The summed E-state index contributed by atoms with van der Waals surface area (Å²) in [5.74, 6) is 0.697. The number of carbonyl (C=O) groups excluding carboxylic acids is 1. The third-order valence-corrected chi connectivity index (χ3v) is 2.74. The number of unbranched alkanes of at least 4 members (excludes halogenated alkanes) is 1. The van der Waals surface area contributed by atoms with E-state index >= 15 is 0 Å². The second-order valence-corrected chi connectivity index (χ2v) is 4.54. The standard InChI is InChI=1S/C10H20BrNO/c1-8(2)9(3)12-10(13)6-4-5-7-11/h8-9H,4-7H2,1-3H3,(H,12,13). The van der Waals surface area contributed by atoms with Gasteiger partial charge < -0.3 is 5.32 Å². The van der Waals surface area contributed by atoms with Gasteiger partial charge in [-0.1, -0.05) is 29.8 Å². The fourth-order valence-electron chi connectivity index (χ4n) is 0.873. The molecule has 78 valence electrons. The van der Waals surface area contributed by atoms with Crippen LogP contribution in [0.4, 0.5) is 0 Å². The number of amides is 1. The maximum atomic E-state index is 11.3. The summed E-state index contributed by atoms with van der Waals surface area (Å²) >= 11 is 3.34. The van der Waals surface area contributed by atoms with Crippen molar-refractivity contribution in [1.82, 2.24) is 5.32 Å². The molecule has 1 atom stereocenters. The number of halogens is 1. The molecule has 1 N–H and O–H groups in total. The smallest absolute Gasteiger partial charge is 0.220 e. The highest BCUT2D eigenvalue weighted by Gasteiger charge is 2.09. The van der Waals surface area contributed by atoms with Crippen molar-refractivity contribution in [1.29, 1.82) is 0 Å². The second-order valence-electron chi connectivity index (χ2n) is 3.75. The summed E-state index contributed by atoms with van der Waals surface area (Å²) in [6.45, 7) is 6.28. The Balaban J connectivity index is 3.50. The Morgan fingerprint density at radius 1 is 1.31 bits per heavy atom. The van der Waals surface area contributed by atoms with Crippen LogP contribution < -0.4 is 5.32 Å². The van der Waals surface area contributed by atoms with Gasteiger partial charge in [-0.25, -0.2) is 0 Å². The van der Waals surface area contributed by atoms with Crippen LogP contribution in [0.3, 0.4) is 0 Å². The fourth-order valence-corrected chi connectivity index (χ4v) is 1.27. The molecule has 0 radical (unpaired) electrons. The van der Waals surface area contributed by atoms with Crippen LogP contribution in [0, 0.1) is 5.92 Å². The van der Waals surface area contributed by atoms with Crippen LogP contribution in [0.15, 0.2) is 0 Å². The number of hydrogen-bond acceptors (Lipinski definition) is 1. The average Bonchev–Trinajstić information content (AvgIpc) is 2.04. The number of alkyl halides is 1. The predicted molar refractivity (Wildman–Crippen MR) is 60.1 cm³/mol. The Hall–Kier alpha value is -0.0500. The Morgan fingerprint density at radius 2 is 1.92 bits per heavy atom. The molecular weight excluding hydrogens is 230 g/mol. The number of hydrogen-bond donors (Lipinski definition) is 1. The van der Waals surface area contributed by atoms with Gasteiger partial charge >= 0.3 is 0 Å². The maximum Gasteiger partial charge on any atom is 0.220 e. The molecule has 0 aliphatic rings. The maximum absolute atomic E-state index is 11.3. The lowest BCUT2D eigenvalue weighted by Crippen LogP contribution is -2.35. The van der Waals surface area contributed by atoms with E-state index in [4.69, 9.17) is 0 Å². The normalized spacial score (nSPS) is 13.0. The van der Waals surface area contributed by atoms with Crippen molar-refractivity contribution in [3.05, 3.63) is 0 Å². The van der Waals surface area contributed by atoms with Crippen molar-refractivity contribution >= 4 is 21.8 Å². The first-order valence-corrected chi connectivity index (χ1v) is 6.05. The third kappa shape index (κ3) is 7.05. The topological polar surface area (TPSA) is 29.1 Å². The van der Waals surface area contributed by atoms with Gasteiger partial charge in [-0.3, -0.25) is 4.79 Å². The Morgan fingerprint density at radius 3 is 2.38 bits per heavy atom. The van der Waals surface area contributed by atoms with Gasteiger partial charge in [0.15, 0.2) is 0 Å². The average molecular weight is 250 g/mol. The predicted octanol–water partition coefficient (Wildman–Crippen LogP) is 2.71. The summed E-state index contributed by atoms with van der Waals surface area (Å²) in [6.07, 6.45) is 2.70. The van der Waals surface area contributed by atoms with E-state index in [0.717, 1.165) is 18.2 Å². The molecule has 0 saturated carbocycles. The Bertz CT molecular complexity index is 148. The molecule has 0 bridgehead atoms. The molecule has 0 aromatic carbocycles. The Labute approximate surface area is 89.6 Å². The minimum atomic E-state index is 0.183. The zero-order valence-electron chi connectivity index (χ0n) is 8.77. The molecule has 0 fully saturated rings. The van der Waals surface area contributed by atoms with Gasteiger partial charge in [0, 0.05) is 17.8 Å². The van der Waals surface area contributed by atoms with E-state index in [1.54, 1.807) is 0 Å².